The molecule has 2 aliphatic rings. The fourth-order valence-electron chi connectivity index (χ4n) is 3.11. The van der Waals surface area contributed by atoms with Gasteiger partial charge in [0.1, 0.15) is 0 Å². The zero-order valence-corrected chi connectivity index (χ0v) is 14.0. The van der Waals surface area contributed by atoms with Crippen LogP contribution in [0.25, 0.3) is 0 Å². The second kappa shape index (κ2) is 7.32. The van der Waals surface area contributed by atoms with Crippen molar-refractivity contribution in [1.29, 1.82) is 0 Å². The molecule has 5 heteroatoms. The highest BCUT2D eigenvalue weighted by atomic mass is 16.3. The van der Waals surface area contributed by atoms with Crippen molar-refractivity contribution in [3.8, 4) is 0 Å². The quantitative estimate of drug-likeness (QED) is 0.639. The lowest BCUT2D eigenvalue weighted by atomic mass is 10.0. The lowest BCUT2D eigenvalue weighted by Crippen LogP contribution is -2.36. The number of aliphatic hydroxyl groups is 1. The summed E-state index contributed by atoms with van der Waals surface area (Å²) in [5.74, 6) is 0.642. The van der Waals surface area contributed by atoms with Crippen molar-refractivity contribution in [3.05, 3.63) is 35.4 Å². The van der Waals surface area contributed by atoms with Gasteiger partial charge < -0.3 is 15.7 Å². The summed E-state index contributed by atoms with van der Waals surface area (Å²) in [5, 5.41) is 9.63. The van der Waals surface area contributed by atoms with Gasteiger partial charge in [-0.25, -0.2) is 4.99 Å². The maximum Gasteiger partial charge on any atom is 0.191 e. The molecule has 1 aromatic carbocycles. The number of rotatable bonds is 5. The molecule has 1 heterocycles. The molecule has 0 bridgehead atoms. The number of aliphatic hydroxyl groups excluding tert-OH is 1. The average molecular weight is 316 g/mol. The van der Waals surface area contributed by atoms with Gasteiger partial charge in [-0.1, -0.05) is 24.3 Å². The van der Waals surface area contributed by atoms with E-state index in [2.05, 4.69) is 39.1 Å². The Kier molecular flexibility index (Phi) is 5.18. The van der Waals surface area contributed by atoms with E-state index in [9.17, 15) is 5.11 Å². The van der Waals surface area contributed by atoms with E-state index in [0.29, 0.717) is 18.5 Å². The molecule has 3 rings (SSSR count). The molecule has 2 fully saturated rings. The molecular weight excluding hydrogens is 288 g/mol. The summed E-state index contributed by atoms with van der Waals surface area (Å²) in [7, 11) is 2.03. The number of benzene rings is 1. The number of hydrogen-bond donors (Lipinski definition) is 2. The van der Waals surface area contributed by atoms with E-state index < -0.39 is 0 Å². The maximum absolute atomic E-state index is 9.63. The minimum atomic E-state index is -0.121. The first-order valence-corrected chi connectivity index (χ1v) is 8.63. The van der Waals surface area contributed by atoms with Crippen LogP contribution in [-0.2, 0) is 13.1 Å². The van der Waals surface area contributed by atoms with Crippen LogP contribution in [0.2, 0.25) is 0 Å². The third-order valence-corrected chi connectivity index (χ3v) is 4.94. The molecule has 126 valence electrons. The van der Waals surface area contributed by atoms with Gasteiger partial charge in [-0.2, -0.15) is 0 Å². The van der Waals surface area contributed by atoms with Crippen LogP contribution in [0.5, 0.6) is 0 Å². The molecule has 1 aliphatic carbocycles. The zero-order chi connectivity index (χ0) is 16.2. The number of nitrogens with zero attached hydrogens (tertiary/aromatic N) is 3. The Bertz CT molecular complexity index is 548. The summed E-state index contributed by atoms with van der Waals surface area (Å²) in [4.78, 5) is 9.09. The molecule has 0 radical (unpaired) electrons. The van der Waals surface area contributed by atoms with Crippen molar-refractivity contribution in [1.82, 2.24) is 9.80 Å². The third-order valence-electron chi connectivity index (χ3n) is 4.94. The Hall–Kier alpha value is -1.59. The number of piperidine rings is 1. The number of hydrogen-bond acceptors (Lipinski definition) is 3. The van der Waals surface area contributed by atoms with Crippen molar-refractivity contribution in [3.63, 3.8) is 0 Å². The Morgan fingerprint density at radius 2 is 1.87 bits per heavy atom. The molecule has 0 atom stereocenters. The molecule has 0 aromatic heterocycles. The van der Waals surface area contributed by atoms with Crippen LogP contribution in [0, 0.1) is 0 Å². The average Bonchev–Trinajstić information content (AvgIpc) is 3.40. The molecule has 23 heavy (non-hydrogen) atoms. The molecule has 1 saturated carbocycles. The van der Waals surface area contributed by atoms with Gasteiger partial charge in [-0.3, -0.25) is 4.90 Å². The van der Waals surface area contributed by atoms with Crippen LogP contribution in [0.1, 0.15) is 36.8 Å². The van der Waals surface area contributed by atoms with Crippen molar-refractivity contribution in [2.24, 2.45) is 10.7 Å². The summed E-state index contributed by atoms with van der Waals surface area (Å²) in [5.41, 5.74) is 8.65. The minimum absolute atomic E-state index is 0.121. The number of guanidine groups is 1. The SMILES string of the molecule is CN(C(N)=NCc1ccccc1CN1CCC(O)CC1)C1CC1. The molecule has 1 aromatic rings. The molecule has 0 unspecified atom stereocenters. The van der Waals surface area contributed by atoms with Gasteiger partial charge in [0.25, 0.3) is 0 Å². The minimum Gasteiger partial charge on any atom is -0.393 e. The predicted octanol–water partition coefficient (Wildman–Crippen LogP) is 1.55. The summed E-state index contributed by atoms with van der Waals surface area (Å²) in [6.07, 6.45) is 4.08. The third kappa shape index (κ3) is 4.45. The lowest BCUT2D eigenvalue weighted by molar-refractivity contribution is 0.0791. The van der Waals surface area contributed by atoms with Gasteiger partial charge in [0.15, 0.2) is 5.96 Å². The van der Waals surface area contributed by atoms with Crippen LogP contribution in [0.15, 0.2) is 29.3 Å². The number of aliphatic imine (C=N–C) groups is 1. The molecule has 3 N–H and O–H groups in total. The molecule has 1 saturated heterocycles. The normalized spacial score (nSPS) is 20.7. The number of likely N-dealkylation sites (tertiary alicyclic amines) is 1. The fourth-order valence-corrected chi connectivity index (χ4v) is 3.11. The smallest absolute Gasteiger partial charge is 0.191 e. The second-order valence-corrected chi connectivity index (χ2v) is 6.79. The zero-order valence-electron chi connectivity index (χ0n) is 14.0. The topological polar surface area (TPSA) is 65.1 Å². The van der Waals surface area contributed by atoms with Crippen molar-refractivity contribution < 1.29 is 5.11 Å². The largest absolute Gasteiger partial charge is 0.393 e. The van der Waals surface area contributed by atoms with E-state index in [4.69, 9.17) is 5.73 Å². The highest BCUT2D eigenvalue weighted by molar-refractivity contribution is 5.78. The van der Waals surface area contributed by atoms with Gasteiger partial charge in [0, 0.05) is 32.7 Å². The fraction of sp³-hybridized carbons (Fsp3) is 0.611. The van der Waals surface area contributed by atoms with Crippen molar-refractivity contribution in [2.75, 3.05) is 20.1 Å². The monoisotopic (exact) mass is 316 g/mol. The molecule has 0 amide bonds. The lowest BCUT2D eigenvalue weighted by Gasteiger charge is -2.30. The van der Waals surface area contributed by atoms with Gasteiger partial charge in [-0.05, 0) is 36.8 Å². The predicted molar refractivity (Wildman–Crippen MR) is 93.1 cm³/mol. The van der Waals surface area contributed by atoms with E-state index in [1.165, 1.54) is 24.0 Å². The Labute approximate surface area is 138 Å². The highest BCUT2D eigenvalue weighted by Gasteiger charge is 2.27. The number of nitrogens with two attached hydrogens (primary N) is 1. The summed E-state index contributed by atoms with van der Waals surface area (Å²) < 4.78 is 0. The molecule has 0 spiro atoms. The van der Waals surface area contributed by atoms with E-state index >= 15 is 0 Å². The summed E-state index contributed by atoms with van der Waals surface area (Å²) in [6, 6.07) is 9.06. The first kappa shape index (κ1) is 16.3. The van der Waals surface area contributed by atoms with E-state index in [-0.39, 0.29) is 6.10 Å². The first-order valence-electron chi connectivity index (χ1n) is 8.63. The van der Waals surface area contributed by atoms with Crippen LogP contribution >= 0.6 is 0 Å². The second-order valence-electron chi connectivity index (χ2n) is 6.79. The van der Waals surface area contributed by atoms with Gasteiger partial charge >= 0.3 is 0 Å². The van der Waals surface area contributed by atoms with E-state index in [1.807, 2.05) is 7.05 Å². The van der Waals surface area contributed by atoms with E-state index in [1.54, 1.807) is 0 Å². The maximum atomic E-state index is 9.63. The van der Waals surface area contributed by atoms with Crippen LogP contribution in [0.3, 0.4) is 0 Å². The van der Waals surface area contributed by atoms with Gasteiger partial charge in [0.05, 0.1) is 12.6 Å². The molecular formula is C18H28N4O. The van der Waals surface area contributed by atoms with Crippen molar-refractivity contribution >= 4 is 5.96 Å². The van der Waals surface area contributed by atoms with Crippen molar-refractivity contribution in [2.45, 2.75) is 50.9 Å². The Morgan fingerprint density at radius 1 is 1.22 bits per heavy atom. The van der Waals surface area contributed by atoms with Crippen LogP contribution in [0.4, 0.5) is 0 Å². The summed E-state index contributed by atoms with van der Waals surface area (Å²) in [6.45, 7) is 3.49. The first-order chi connectivity index (χ1) is 11.1. The Morgan fingerprint density at radius 3 is 2.52 bits per heavy atom. The van der Waals surface area contributed by atoms with Gasteiger partial charge in [-0.15, -0.1) is 0 Å². The van der Waals surface area contributed by atoms with Crippen LogP contribution < -0.4 is 5.73 Å². The van der Waals surface area contributed by atoms with E-state index in [0.717, 1.165) is 32.5 Å². The molecule has 1 aliphatic heterocycles. The Balaban J connectivity index is 1.62. The van der Waals surface area contributed by atoms with Gasteiger partial charge in [0.2, 0.25) is 0 Å². The highest BCUT2D eigenvalue weighted by Crippen LogP contribution is 2.25. The molecule has 5 nitrogen and oxygen atoms in total. The van der Waals surface area contributed by atoms with Crippen LogP contribution in [-0.4, -0.2) is 53.1 Å². The summed E-state index contributed by atoms with van der Waals surface area (Å²) >= 11 is 0. The standard InChI is InChI=1S/C18H28N4O/c1-21(16-6-7-16)18(19)20-12-14-4-2-3-5-15(14)13-22-10-8-17(23)9-11-22/h2-5,16-17,23H,6-13H2,1H3,(H2,19,20).